The van der Waals surface area contributed by atoms with Crippen LogP contribution in [0.3, 0.4) is 0 Å². The number of carbonyl (C=O) groups excluding carboxylic acids is 1. The van der Waals surface area contributed by atoms with E-state index in [4.69, 9.17) is 24.2 Å². The zero-order chi connectivity index (χ0) is 29.9. The molecular formula is C29H39N3O8S. The number of sulfonamides is 1. The van der Waals surface area contributed by atoms with E-state index in [1.165, 1.54) is 23.5 Å². The summed E-state index contributed by atoms with van der Waals surface area (Å²) < 4.78 is 49.8. The zero-order valence-corrected chi connectivity index (χ0v) is 24.5. The minimum atomic E-state index is -4.08. The summed E-state index contributed by atoms with van der Waals surface area (Å²) in [7, 11) is -2.59. The molecule has 2 aromatic carbocycles. The van der Waals surface area contributed by atoms with Gasteiger partial charge in [-0.15, -0.1) is 0 Å². The summed E-state index contributed by atoms with van der Waals surface area (Å²) in [6, 6.07) is 16.5. The molecule has 1 fully saturated rings. The van der Waals surface area contributed by atoms with Crippen molar-refractivity contribution in [3.63, 3.8) is 0 Å². The maximum absolute atomic E-state index is 13.9. The van der Waals surface area contributed by atoms with E-state index in [9.17, 15) is 18.3 Å². The van der Waals surface area contributed by atoms with E-state index < -0.39 is 39.8 Å². The molecule has 0 bridgehead atoms. The molecule has 1 saturated heterocycles. The highest BCUT2D eigenvalue weighted by Gasteiger charge is 2.35. The Labute approximate surface area is 242 Å². The van der Waals surface area contributed by atoms with Gasteiger partial charge in [0.1, 0.15) is 12.5 Å². The fourth-order valence-corrected chi connectivity index (χ4v) is 6.10. The molecule has 0 spiro atoms. The molecular weight excluding hydrogens is 550 g/mol. The minimum Gasteiger partial charge on any atom is -0.497 e. The Bertz CT molecular complexity index is 1240. The largest absolute Gasteiger partial charge is 0.497 e. The molecule has 224 valence electrons. The average Bonchev–Trinajstić information content (AvgIpc) is 2.96. The van der Waals surface area contributed by atoms with Gasteiger partial charge in [-0.25, -0.2) is 13.2 Å². The highest BCUT2D eigenvalue weighted by Crippen LogP contribution is 2.28. The van der Waals surface area contributed by atoms with Crippen molar-refractivity contribution in [2.75, 3.05) is 40.2 Å². The van der Waals surface area contributed by atoms with Gasteiger partial charge in [-0.3, -0.25) is 0 Å². The Kier molecular flexibility index (Phi) is 11.9. The quantitative estimate of drug-likeness (QED) is 0.339. The van der Waals surface area contributed by atoms with Gasteiger partial charge in [0.05, 0.1) is 43.4 Å². The molecule has 11 nitrogen and oxygen atoms in total. The van der Waals surface area contributed by atoms with E-state index in [0.717, 1.165) is 5.56 Å². The average molecular weight is 590 g/mol. The molecule has 2 aromatic rings. The third kappa shape index (κ3) is 9.98. The smallest absolute Gasteiger partial charge is 0.407 e. The third-order valence-corrected chi connectivity index (χ3v) is 8.55. The topological polar surface area (TPSA) is 147 Å². The van der Waals surface area contributed by atoms with E-state index >= 15 is 0 Å². The fraction of sp³-hybridized carbons (Fsp3) is 0.517. The predicted octanol–water partition coefficient (Wildman–Crippen LogP) is 3.09. The first-order chi connectivity index (χ1) is 19.5. The second-order valence-electron chi connectivity index (χ2n) is 10.7. The molecule has 12 heteroatoms. The number of hydrogen-bond donors (Lipinski definition) is 2. The number of hydrogen-bond acceptors (Lipinski definition) is 9. The van der Waals surface area contributed by atoms with Crippen LogP contribution < -0.4 is 10.1 Å². The van der Waals surface area contributed by atoms with Crippen LogP contribution in [0.2, 0.25) is 0 Å². The van der Waals surface area contributed by atoms with Crippen molar-refractivity contribution >= 4 is 16.1 Å². The number of benzene rings is 2. The molecule has 1 aliphatic rings. The summed E-state index contributed by atoms with van der Waals surface area (Å²) in [5.74, 6) is 0.504. The molecule has 0 aromatic heterocycles. The number of amides is 1. The molecule has 1 amide bonds. The first-order valence-electron chi connectivity index (χ1n) is 13.4. The molecule has 1 aliphatic heterocycles. The van der Waals surface area contributed by atoms with Gasteiger partial charge in [0.2, 0.25) is 10.0 Å². The summed E-state index contributed by atoms with van der Waals surface area (Å²) in [4.78, 5) is 12.8. The second kappa shape index (κ2) is 15.1. The van der Waals surface area contributed by atoms with Gasteiger partial charge in [-0.05, 0) is 48.1 Å². The van der Waals surface area contributed by atoms with Crippen LogP contribution in [0.1, 0.15) is 32.3 Å². The van der Waals surface area contributed by atoms with E-state index in [2.05, 4.69) is 11.4 Å². The maximum Gasteiger partial charge on any atom is 0.407 e. The number of alkyl carbamates (subject to hydrolysis) is 1. The van der Waals surface area contributed by atoms with Crippen molar-refractivity contribution in [3.8, 4) is 11.8 Å². The number of rotatable bonds is 14. The van der Waals surface area contributed by atoms with Crippen LogP contribution >= 0.6 is 0 Å². The van der Waals surface area contributed by atoms with Crippen LogP contribution in [0.15, 0.2) is 59.5 Å². The van der Waals surface area contributed by atoms with Crippen LogP contribution in [0.25, 0.3) is 0 Å². The van der Waals surface area contributed by atoms with Crippen molar-refractivity contribution in [2.45, 2.75) is 56.3 Å². The Morgan fingerprint density at radius 2 is 1.83 bits per heavy atom. The summed E-state index contributed by atoms with van der Waals surface area (Å²) in [5.41, 5.74) is 0.261. The fourth-order valence-electron chi connectivity index (χ4n) is 4.45. The Morgan fingerprint density at radius 1 is 1.17 bits per heavy atom. The van der Waals surface area contributed by atoms with Crippen molar-refractivity contribution in [1.29, 1.82) is 5.26 Å². The number of aliphatic hydroxyl groups is 1. The lowest BCUT2D eigenvalue weighted by atomic mass is 9.88. The first-order valence-corrected chi connectivity index (χ1v) is 14.8. The minimum absolute atomic E-state index is 0.0332. The summed E-state index contributed by atoms with van der Waals surface area (Å²) in [5, 5.41) is 23.3. The predicted molar refractivity (Wildman–Crippen MR) is 150 cm³/mol. The number of ether oxygens (including phenoxy) is 4. The standard InChI is InChI=1S/C29H39N3O8S/c1-29(2,14-7-15-30)20-32(41(35,36)25-12-10-23(37-3)11-13-25)17-27(33)26(16-22-8-5-4-6-9-22)31-28(34)40-24-18-38-21-39-19-24/h4-6,8-13,24,26-27,33H,7,14,16-21H2,1-3H3,(H,31,34)/t26-,27?/m0/s1. The Morgan fingerprint density at radius 3 is 2.44 bits per heavy atom. The van der Waals surface area contributed by atoms with Crippen LogP contribution in [-0.4, -0.2) is 82.4 Å². The third-order valence-electron chi connectivity index (χ3n) is 6.72. The number of methoxy groups -OCH3 is 1. The Hall–Kier alpha value is -3.21. The molecule has 1 unspecified atom stereocenters. The van der Waals surface area contributed by atoms with E-state index in [1.54, 1.807) is 12.1 Å². The molecule has 0 radical (unpaired) electrons. The van der Waals surface area contributed by atoms with Crippen molar-refractivity contribution in [2.24, 2.45) is 5.41 Å². The lowest BCUT2D eigenvalue weighted by molar-refractivity contribution is -0.151. The highest BCUT2D eigenvalue weighted by atomic mass is 32.2. The number of nitriles is 1. The molecule has 1 heterocycles. The van der Waals surface area contributed by atoms with Crippen LogP contribution in [0.5, 0.6) is 5.75 Å². The summed E-state index contributed by atoms with van der Waals surface area (Å²) in [6.07, 6.45) is -1.75. The van der Waals surface area contributed by atoms with Crippen molar-refractivity contribution in [1.82, 2.24) is 9.62 Å². The van der Waals surface area contributed by atoms with Gasteiger partial charge in [-0.2, -0.15) is 9.57 Å². The van der Waals surface area contributed by atoms with E-state index in [-0.39, 0.29) is 50.8 Å². The van der Waals surface area contributed by atoms with Crippen LogP contribution in [0, 0.1) is 16.7 Å². The number of aliphatic hydroxyl groups excluding tert-OH is 1. The van der Waals surface area contributed by atoms with Crippen molar-refractivity contribution in [3.05, 3.63) is 60.2 Å². The summed E-state index contributed by atoms with van der Waals surface area (Å²) in [6.45, 7) is 3.98. The maximum atomic E-state index is 13.9. The number of nitrogens with one attached hydrogen (secondary N) is 1. The SMILES string of the molecule is COc1ccc(S(=O)(=O)N(CC(O)[C@H](Cc2ccccc2)NC(=O)OC2COCOC2)CC(C)(C)CCC#N)cc1. The molecule has 2 N–H and O–H groups in total. The highest BCUT2D eigenvalue weighted by molar-refractivity contribution is 7.89. The van der Waals surface area contributed by atoms with Gasteiger partial charge in [0.25, 0.3) is 0 Å². The van der Waals surface area contributed by atoms with E-state index in [0.29, 0.717) is 12.2 Å². The first kappa shape index (κ1) is 32.3. The van der Waals surface area contributed by atoms with Gasteiger partial charge >= 0.3 is 6.09 Å². The van der Waals surface area contributed by atoms with Gasteiger partial charge in [-0.1, -0.05) is 44.2 Å². The molecule has 41 heavy (non-hydrogen) atoms. The summed E-state index contributed by atoms with van der Waals surface area (Å²) >= 11 is 0. The second-order valence-corrected chi connectivity index (χ2v) is 12.6. The van der Waals surface area contributed by atoms with E-state index in [1.807, 2.05) is 44.2 Å². The van der Waals surface area contributed by atoms with Crippen LogP contribution in [0.4, 0.5) is 4.79 Å². The van der Waals surface area contributed by atoms with Gasteiger partial charge in [0.15, 0.2) is 6.10 Å². The zero-order valence-electron chi connectivity index (χ0n) is 23.7. The van der Waals surface area contributed by atoms with Gasteiger partial charge < -0.3 is 29.4 Å². The Balaban J connectivity index is 1.87. The number of carbonyl (C=O) groups is 1. The lowest BCUT2D eigenvalue weighted by Crippen LogP contribution is -2.52. The molecule has 0 saturated carbocycles. The normalized spacial score (nSPS) is 16.0. The molecule has 0 aliphatic carbocycles. The number of nitrogens with zero attached hydrogens (tertiary/aromatic N) is 2. The lowest BCUT2D eigenvalue weighted by Gasteiger charge is -2.35. The molecule has 3 rings (SSSR count). The van der Waals surface area contributed by atoms with Crippen LogP contribution in [-0.2, 0) is 30.7 Å². The monoisotopic (exact) mass is 589 g/mol. The molecule has 2 atom stereocenters. The van der Waals surface area contributed by atoms with Crippen molar-refractivity contribution < 1.29 is 37.3 Å². The van der Waals surface area contributed by atoms with Gasteiger partial charge in [0, 0.05) is 19.5 Å².